The third kappa shape index (κ3) is 4.40. The molecule has 1 aromatic rings. The highest BCUT2D eigenvalue weighted by atomic mass is 16.5. The molecule has 0 unspecified atom stereocenters. The summed E-state index contributed by atoms with van der Waals surface area (Å²) in [5, 5.41) is 0. The van der Waals surface area contributed by atoms with E-state index < -0.39 is 0 Å². The highest BCUT2D eigenvalue weighted by Crippen LogP contribution is 2.37. The summed E-state index contributed by atoms with van der Waals surface area (Å²) >= 11 is 0. The second-order valence-electron chi connectivity index (χ2n) is 8.07. The summed E-state index contributed by atoms with van der Waals surface area (Å²) in [4.78, 5) is 12.3. The average molecular weight is 328 g/mol. The number of esters is 1. The van der Waals surface area contributed by atoms with E-state index >= 15 is 0 Å². The van der Waals surface area contributed by atoms with E-state index in [-0.39, 0.29) is 11.9 Å². The van der Waals surface area contributed by atoms with E-state index in [4.69, 9.17) is 4.74 Å². The minimum atomic E-state index is -0.0295. The molecule has 2 aliphatic carbocycles. The first-order chi connectivity index (χ1) is 11.7. The van der Waals surface area contributed by atoms with E-state index in [1.54, 1.807) is 0 Å². The molecule has 0 atom stereocenters. The number of ether oxygens (including phenoxy) is 1. The van der Waals surface area contributed by atoms with Gasteiger partial charge in [-0.05, 0) is 86.8 Å². The minimum Gasteiger partial charge on any atom is -0.426 e. The van der Waals surface area contributed by atoms with Crippen molar-refractivity contribution in [1.82, 2.24) is 0 Å². The van der Waals surface area contributed by atoms with Gasteiger partial charge in [0.25, 0.3) is 0 Å². The molecule has 2 saturated carbocycles. The number of benzene rings is 1. The molecular weight excluding hydrogens is 296 g/mol. The largest absolute Gasteiger partial charge is 0.426 e. The van der Waals surface area contributed by atoms with E-state index in [0.29, 0.717) is 11.7 Å². The van der Waals surface area contributed by atoms with Gasteiger partial charge in [-0.15, -0.1) is 0 Å². The molecule has 2 fully saturated rings. The Morgan fingerprint density at radius 1 is 0.958 bits per heavy atom. The van der Waals surface area contributed by atoms with Gasteiger partial charge in [0.15, 0.2) is 0 Å². The lowest BCUT2D eigenvalue weighted by atomic mass is 9.78. The van der Waals surface area contributed by atoms with E-state index in [1.165, 1.54) is 37.7 Å². The normalized spacial score (nSPS) is 30.8. The summed E-state index contributed by atoms with van der Waals surface area (Å²) in [5.74, 6) is 3.17. The predicted molar refractivity (Wildman–Crippen MR) is 98.2 cm³/mol. The van der Waals surface area contributed by atoms with E-state index in [1.807, 2.05) is 12.1 Å². The van der Waals surface area contributed by atoms with Crippen LogP contribution in [0.1, 0.15) is 83.1 Å². The fourth-order valence-corrected chi connectivity index (χ4v) is 4.41. The fraction of sp³-hybridized carbons (Fsp3) is 0.682. The Morgan fingerprint density at radius 2 is 1.58 bits per heavy atom. The van der Waals surface area contributed by atoms with Crippen LogP contribution in [0.5, 0.6) is 5.75 Å². The van der Waals surface area contributed by atoms with Gasteiger partial charge in [-0.25, -0.2) is 0 Å². The zero-order valence-electron chi connectivity index (χ0n) is 15.3. The molecular formula is C22H32O2. The van der Waals surface area contributed by atoms with Gasteiger partial charge in [-0.3, -0.25) is 4.79 Å². The molecule has 2 aliphatic rings. The highest BCUT2D eigenvalue weighted by molar-refractivity contribution is 5.75. The molecule has 0 aromatic heterocycles. The van der Waals surface area contributed by atoms with Crippen LogP contribution in [0.25, 0.3) is 0 Å². The average Bonchev–Trinajstić information content (AvgIpc) is 2.63. The number of hydrogen-bond donors (Lipinski definition) is 0. The van der Waals surface area contributed by atoms with Crippen LogP contribution in [-0.2, 0) is 4.79 Å². The highest BCUT2D eigenvalue weighted by Gasteiger charge is 2.26. The monoisotopic (exact) mass is 328 g/mol. The predicted octanol–water partition coefficient (Wildman–Crippen LogP) is 6.10. The molecule has 3 rings (SSSR count). The molecule has 0 amide bonds. The van der Waals surface area contributed by atoms with Crippen LogP contribution in [-0.4, -0.2) is 5.97 Å². The number of carbonyl (C=O) groups excluding carboxylic acids is 1. The van der Waals surface area contributed by atoms with Crippen molar-refractivity contribution in [2.24, 2.45) is 17.8 Å². The second-order valence-corrected chi connectivity index (χ2v) is 8.07. The molecule has 2 heteroatoms. The van der Waals surface area contributed by atoms with Gasteiger partial charge >= 0.3 is 5.97 Å². The summed E-state index contributed by atoms with van der Waals surface area (Å²) in [7, 11) is 0. The van der Waals surface area contributed by atoms with Crippen molar-refractivity contribution < 1.29 is 9.53 Å². The molecule has 0 radical (unpaired) electrons. The Kier molecular flexibility index (Phi) is 5.97. The topological polar surface area (TPSA) is 26.3 Å². The third-order valence-electron chi connectivity index (χ3n) is 6.34. The zero-order chi connectivity index (χ0) is 16.9. The zero-order valence-corrected chi connectivity index (χ0v) is 15.3. The fourth-order valence-electron chi connectivity index (χ4n) is 4.41. The number of hydrogen-bond acceptors (Lipinski definition) is 2. The molecule has 0 heterocycles. The van der Waals surface area contributed by atoms with Gasteiger partial charge in [0.05, 0.1) is 5.92 Å². The van der Waals surface area contributed by atoms with Crippen molar-refractivity contribution in [1.29, 1.82) is 0 Å². The first-order valence-electron chi connectivity index (χ1n) is 9.97. The minimum absolute atomic E-state index is 0.0295. The molecule has 0 bridgehead atoms. The van der Waals surface area contributed by atoms with E-state index in [2.05, 4.69) is 26.0 Å². The molecule has 0 saturated heterocycles. The molecule has 0 N–H and O–H groups in total. The maximum absolute atomic E-state index is 12.3. The Morgan fingerprint density at radius 3 is 2.17 bits per heavy atom. The lowest BCUT2D eigenvalue weighted by Crippen LogP contribution is -2.24. The molecule has 24 heavy (non-hydrogen) atoms. The summed E-state index contributed by atoms with van der Waals surface area (Å²) < 4.78 is 5.63. The summed E-state index contributed by atoms with van der Waals surface area (Å²) in [6.45, 7) is 4.58. The van der Waals surface area contributed by atoms with Crippen molar-refractivity contribution in [2.75, 3.05) is 0 Å². The molecule has 1 aromatic carbocycles. The summed E-state index contributed by atoms with van der Waals surface area (Å²) in [5.41, 5.74) is 1.41. The lowest BCUT2D eigenvalue weighted by molar-refractivity contribution is -0.140. The van der Waals surface area contributed by atoms with Gasteiger partial charge in [-0.2, -0.15) is 0 Å². The van der Waals surface area contributed by atoms with E-state index in [9.17, 15) is 4.79 Å². The Hall–Kier alpha value is -1.31. The van der Waals surface area contributed by atoms with Crippen LogP contribution in [0.4, 0.5) is 0 Å². The van der Waals surface area contributed by atoms with Gasteiger partial charge < -0.3 is 4.74 Å². The molecule has 132 valence electrons. The van der Waals surface area contributed by atoms with Crippen molar-refractivity contribution in [3.63, 3.8) is 0 Å². The maximum Gasteiger partial charge on any atom is 0.314 e. The molecule has 0 aliphatic heterocycles. The molecule has 2 nitrogen and oxygen atoms in total. The van der Waals surface area contributed by atoms with Crippen LogP contribution in [0.3, 0.4) is 0 Å². The van der Waals surface area contributed by atoms with Gasteiger partial charge in [0.1, 0.15) is 5.75 Å². The van der Waals surface area contributed by atoms with Crippen molar-refractivity contribution in [3.8, 4) is 5.75 Å². The first kappa shape index (κ1) is 17.5. The van der Waals surface area contributed by atoms with Crippen molar-refractivity contribution >= 4 is 5.97 Å². The number of rotatable bonds is 4. The first-order valence-corrected chi connectivity index (χ1v) is 9.97. The lowest BCUT2D eigenvalue weighted by Gasteiger charge is -2.28. The standard InChI is InChI=1S/C22H32O2/c1-3-17-6-10-18(11-7-17)19-12-14-21(15-13-19)24-22(23)20-8-4-16(2)5-9-20/h12-18,20H,3-11H2,1-2H3. The molecule has 0 spiro atoms. The smallest absolute Gasteiger partial charge is 0.314 e. The van der Waals surface area contributed by atoms with Crippen molar-refractivity contribution in [3.05, 3.63) is 29.8 Å². The SMILES string of the molecule is CCC1CCC(c2ccc(OC(=O)C3CCC(C)CC3)cc2)CC1. The van der Waals surface area contributed by atoms with Crippen LogP contribution >= 0.6 is 0 Å². The van der Waals surface area contributed by atoms with Crippen LogP contribution in [0, 0.1) is 17.8 Å². The van der Waals surface area contributed by atoms with Crippen LogP contribution < -0.4 is 4.74 Å². The van der Waals surface area contributed by atoms with Gasteiger partial charge in [-0.1, -0.05) is 32.4 Å². The van der Waals surface area contributed by atoms with Crippen LogP contribution in [0.2, 0.25) is 0 Å². The van der Waals surface area contributed by atoms with Gasteiger partial charge in [0.2, 0.25) is 0 Å². The Bertz CT molecular complexity index is 517. The Labute approximate surface area is 147 Å². The second kappa shape index (κ2) is 8.18. The maximum atomic E-state index is 12.3. The van der Waals surface area contributed by atoms with E-state index in [0.717, 1.165) is 37.5 Å². The van der Waals surface area contributed by atoms with Gasteiger partial charge in [0, 0.05) is 0 Å². The summed E-state index contributed by atoms with van der Waals surface area (Å²) in [6.07, 6.45) is 10.9. The van der Waals surface area contributed by atoms with Crippen molar-refractivity contribution in [2.45, 2.75) is 77.6 Å². The summed E-state index contributed by atoms with van der Waals surface area (Å²) in [6, 6.07) is 8.32. The number of carbonyl (C=O) groups is 1. The van der Waals surface area contributed by atoms with Crippen LogP contribution in [0.15, 0.2) is 24.3 Å². The third-order valence-corrected chi connectivity index (χ3v) is 6.34. The quantitative estimate of drug-likeness (QED) is 0.493. The Balaban J connectivity index is 1.52.